The van der Waals surface area contributed by atoms with Gasteiger partial charge in [-0.25, -0.2) is 4.79 Å². The lowest BCUT2D eigenvalue weighted by molar-refractivity contribution is -0.131. The van der Waals surface area contributed by atoms with Gasteiger partial charge in [-0.05, 0) is 23.8 Å². The van der Waals surface area contributed by atoms with E-state index in [9.17, 15) is 14.7 Å². The maximum absolute atomic E-state index is 12.4. The zero-order chi connectivity index (χ0) is 15.2. The fourth-order valence-electron chi connectivity index (χ4n) is 2.14. The van der Waals surface area contributed by atoms with Crippen LogP contribution in [0.15, 0.2) is 30.3 Å². The van der Waals surface area contributed by atoms with E-state index >= 15 is 0 Å². The molecule has 1 aromatic carbocycles. The third kappa shape index (κ3) is 3.90. The molecule has 6 heteroatoms. The largest absolute Gasteiger partial charge is 0.478 e. The average molecular weight is 291 g/mol. The van der Waals surface area contributed by atoms with Gasteiger partial charge in [0.25, 0.3) is 5.91 Å². The van der Waals surface area contributed by atoms with Crippen LogP contribution in [0.4, 0.5) is 0 Å². The van der Waals surface area contributed by atoms with Crippen LogP contribution in [0.25, 0.3) is 6.08 Å². The maximum atomic E-state index is 12.4. The molecule has 6 nitrogen and oxygen atoms in total. The number of amides is 1. The molecule has 2 rings (SSSR count). The summed E-state index contributed by atoms with van der Waals surface area (Å²) >= 11 is 0. The van der Waals surface area contributed by atoms with Gasteiger partial charge in [0, 0.05) is 18.2 Å². The molecule has 1 unspecified atom stereocenters. The molecule has 0 saturated carbocycles. The predicted octanol–water partition coefficient (Wildman–Crippen LogP) is 0.618. The van der Waals surface area contributed by atoms with Gasteiger partial charge in [-0.15, -0.1) is 0 Å². The number of morpholine rings is 1. The number of carbonyl (C=O) groups is 2. The maximum Gasteiger partial charge on any atom is 0.328 e. The van der Waals surface area contributed by atoms with E-state index in [0.29, 0.717) is 30.9 Å². The molecule has 1 aliphatic rings. The zero-order valence-electron chi connectivity index (χ0n) is 11.4. The van der Waals surface area contributed by atoms with Crippen molar-refractivity contribution in [1.82, 2.24) is 4.90 Å². The number of aliphatic carboxylic acids is 1. The van der Waals surface area contributed by atoms with Gasteiger partial charge in [0.15, 0.2) is 0 Å². The van der Waals surface area contributed by atoms with Crippen molar-refractivity contribution in [1.29, 1.82) is 0 Å². The molecule has 0 radical (unpaired) electrons. The van der Waals surface area contributed by atoms with E-state index in [4.69, 9.17) is 9.84 Å². The quantitative estimate of drug-likeness (QED) is 0.794. The van der Waals surface area contributed by atoms with E-state index in [-0.39, 0.29) is 18.6 Å². The minimum atomic E-state index is -1.02. The lowest BCUT2D eigenvalue weighted by Crippen LogP contribution is -2.50. The molecule has 0 aromatic heterocycles. The minimum absolute atomic E-state index is 0.134. The third-order valence-electron chi connectivity index (χ3n) is 3.28. The van der Waals surface area contributed by atoms with E-state index in [2.05, 4.69) is 0 Å². The number of nitrogens with zero attached hydrogens (tertiary/aromatic N) is 1. The fourth-order valence-corrected chi connectivity index (χ4v) is 2.14. The number of aliphatic hydroxyl groups is 1. The van der Waals surface area contributed by atoms with E-state index < -0.39 is 5.97 Å². The van der Waals surface area contributed by atoms with Gasteiger partial charge in [0.1, 0.15) is 0 Å². The molecule has 1 aromatic rings. The Morgan fingerprint density at radius 1 is 1.33 bits per heavy atom. The first-order chi connectivity index (χ1) is 10.1. The molecule has 21 heavy (non-hydrogen) atoms. The van der Waals surface area contributed by atoms with Crippen LogP contribution in [0.1, 0.15) is 15.9 Å². The number of benzene rings is 1. The van der Waals surface area contributed by atoms with Crippen LogP contribution in [0.5, 0.6) is 0 Å². The molecule has 1 saturated heterocycles. The summed E-state index contributed by atoms with van der Waals surface area (Å²) in [5, 5.41) is 17.8. The monoisotopic (exact) mass is 291 g/mol. The highest BCUT2D eigenvalue weighted by Gasteiger charge is 2.27. The van der Waals surface area contributed by atoms with Crippen molar-refractivity contribution >= 4 is 18.0 Å². The Labute approximate surface area is 122 Å². The van der Waals surface area contributed by atoms with E-state index in [1.807, 2.05) is 0 Å². The SMILES string of the molecule is O=C(O)/C=C/c1ccc(C(=O)N2CCOCC2CO)cc1. The van der Waals surface area contributed by atoms with Crippen LogP contribution in [0.2, 0.25) is 0 Å². The predicted molar refractivity (Wildman–Crippen MR) is 75.8 cm³/mol. The van der Waals surface area contributed by atoms with Gasteiger partial charge < -0.3 is 19.8 Å². The molecule has 1 atom stereocenters. The number of ether oxygens (including phenoxy) is 1. The Balaban J connectivity index is 2.10. The van der Waals surface area contributed by atoms with Crippen LogP contribution in [-0.2, 0) is 9.53 Å². The second-order valence-corrected chi connectivity index (χ2v) is 4.70. The second-order valence-electron chi connectivity index (χ2n) is 4.70. The average Bonchev–Trinajstić information content (AvgIpc) is 2.52. The molecule has 0 bridgehead atoms. The highest BCUT2D eigenvalue weighted by Crippen LogP contribution is 2.14. The molecular formula is C15H17NO5. The third-order valence-corrected chi connectivity index (χ3v) is 3.28. The van der Waals surface area contributed by atoms with Gasteiger partial charge in [0.05, 0.1) is 25.9 Å². The van der Waals surface area contributed by atoms with Crippen LogP contribution in [-0.4, -0.2) is 59.4 Å². The van der Waals surface area contributed by atoms with Crippen molar-refractivity contribution in [2.45, 2.75) is 6.04 Å². The van der Waals surface area contributed by atoms with Gasteiger partial charge in [-0.1, -0.05) is 12.1 Å². The van der Waals surface area contributed by atoms with E-state index in [1.54, 1.807) is 29.2 Å². The van der Waals surface area contributed by atoms with E-state index in [1.165, 1.54) is 6.08 Å². The van der Waals surface area contributed by atoms with Gasteiger partial charge in [-0.2, -0.15) is 0 Å². The van der Waals surface area contributed by atoms with Gasteiger partial charge in [0.2, 0.25) is 0 Å². The van der Waals surface area contributed by atoms with Crippen molar-refractivity contribution in [2.24, 2.45) is 0 Å². The summed E-state index contributed by atoms with van der Waals surface area (Å²) < 4.78 is 5.24. The fraction of sp³-hybridized carbons (Fsp3) is 0.333. The Morgan fingerprint density at radius 2 is 2.05 bits per heavy atom. The van der Waals surface area contributed by atoms with Crippen LogP contribution >= 0.6 is 0 Å². The topological polar surface area (TPSA) is 87.1 Å². The summed E-state index contributed by atoms with van der Waals surface area (Å²) in [7, 11) is 0. The second kappa shape index (κ2) is 7.01. The molecule has 1 heterocycles. The van der Waals surface area contributed by atoms with Crippen molar-refractivity contribution < 1.29 is 24.5 Å². The normalized spacial score (nSPS) is 18.9. The molecule has 1 fully saturated rings. The number of carboxylic acids is 1. The van der Waals surface area contributed by atoms with Gasteiger partial charge in [-0.3, -0.25) is 4.79 Å². The summed E-state index contributed by atoms with van der Waals surface area (Å²) in [6, 6.07) is 6.33. The smallest absolute Gasteiger partial charge is 0.328 e. The Bertz CT molecular complexity index is 537. The minimum Gasteiger partial charge on any atom is -0.478 e. The van der Waals surface area contributed by atoms with Crippen LogP contribution in [0.3, 0.4) is 0 Å². The summed E-state index contributed by atoms with van der Waals surface area (Å²) in [4.78, 5) is 24.4. The highest BCUT2D eigenvalue weighted by molar-refractivity contribution is 5.95. The Morgan fingerprint density at radius 3 is 2.67 bits per heavy atom. The van der Waals surface area contributed by atoms with Gasteiger partial charge >= 0.3 is 5.97 Å². The number of rotatable bonds is 4. The lowest BCUT2D eigenvalue weighted by Gasteiger charge is -2.34. The highest BCUT2D eigenvalue weighted by atomic mass is 16.5. The first-order valence-corrected chi connectivity index (χ1v) is 6.62. The first-order valence-electron chi connectivity index (χ1n) is 6.62. The number of carbonyl (C=O) groups excluding carboxylic acids is 1. The molecule has 0 aliphatic carbocycles. The molecule has 1 amide bonds. The lowest BCUT2D eigenvalue weighted by atomic mass is 10.1. The summed E-state index contributed by atoms with van der Waals surface area (Å²) in [6.45, 7) is 1.11. The van der Waals surface area contributed by atoms with Crippen molar-refractivity contribution in [2.75, 3.05) is 26.4 Å². The standard InChI is InChI=1S/C15H17NO5/c17-9-13-10-21-8-7-16(13)15(20)12-4-1-11(2-5-12)3-6-14(18)19/h1-6,13,17H,7-10H2,(H,18,19)/b6-3+. The molecule has 1 aliphatic heterocycles. The first kappa shape index (κ1) is 15.2. The van der Waals surface area contributed by atoms with Crippen molar-refractivity contribution in [3.05, 3.63) is 41.5 Å². The Hall–Kier alpha value is -2.18. The number of aliphatic hydroxyl groups excluding tert-OH is 1. The van der Waals surface area contributed by atoms with Crippen LogP contribution in [0, 0.1) is 0 Å². The summed E-state index contributed by atoms with van der Waals surface area (Å²) in [5.41, 5.74) is 1.21. The zero-order valence-corrected chi connectivity index (χ0v) is 11.4. The van der Waals surface area contributed by atoms with Crippen LogP contribution < -0.4 is 0 Å². The van der Waals surface area contributed by atoms with E-state index in [0.717, 1.165) is 6.08 Å². The molecule has 112 valence electrons. The Kier molecular flexibility index (Phi) is 5.08. The van der Waals surface area contributed by atoms with Crippen molar-refractivity contribution in [3.8, 4) is 0 Å². The molecular weight excluding hydrogens is 274 g/mol. The molecule has 0 spiro atoms. The summed E-state index contributed by atoms with van der Waals surface area (Å²) in [5.74, 6) is -1.18. The number of hydrogen-bond donors (Lipinski definition) is 2. The number of hydrogen-bond acceptors (Lipinski definition) is 4. The van der Waals surface area contributed by atoms with Crippen molar-refractivity contribution in [3.63, 3.8) is 0 Å². The molecule has 2 N–H and O–H groups in total. The summed E-state index contributed by atoms with van der Waals surface area (Å²) in [6.07, 6.45) is 2.50. The number of carboxylic acid groups (broad SMARTS) is 1.